The molecule has 8 unspecified atom stereocenters. The van der Waals surface area contributed by atoms with Crippen LogP contribution in [0.1, 0.15) is 230 Å². The van der Waals surface area contributed by atoms with E-state index in [0.717, 1.165) is 6.42 Å². The number of phosphoric ester groups is 1. The number of ether oxygens (including phenoxy) is 7. The third kappa shape index (κ3) is 34.1. The third-order valence-electron chi connectivity index (χ3n) is 21.3. The number of nitrogens with zero attached hydrogens (tertiary/aromatic N) is 3. The fraction of sp³-hybridized carbons (Fsp3) is 0.921. The Hall–Kier alpha value is -3.00. The van der Waals surface area contributed by atoms with Crippen LogP contribution in [0.5, 0.6) is 0 Å². The molecule has 6 saturated heterocycles. The number of ketones is 3. The lowest BCUT2D eigenvalue weighted by Crippen LogP contribution is -2.55. The van der Waals surface area contributed by atoms with Gasteiger partial charge in [-0.15, -0.1) is 0 Å². The molecule has 6 rings (SSSR count). The number of aliphatic hydroxyl groups is 10. The Bertz CT molecular complexity index is 2800. The van der Waals surface area contributed by atoms with Crippen molar-refractivity contribution in [3.8, 4) is 0 Å². The highest BCUT2D eigenvalue weighted by molar-refractivity contribution is 7.53. The Morgan fingerprint density at radius 3 is 1.07 bits per heavy atom. The van der Waals surface area contributed by atoms with E-state index in [1.807, 2.05) is 13.8 Å². The van der Waals surface area contributed by atoms with E-state index >= 15 is 0 Å². The maximum absolute atomic E-state index is 14.3. The van der Waals surface area contributed by atoms with Gasteiger partial charge in [0.15, 0.2) is 18.9 Å². The Labute approximate surface area is 657 Å². The molecular weight excluding hydrogens is 1500 g/mol. The summed E-state index contributed by atoms with van der Waals surface area (Å²) in [5.41, 5.74) is 0. The predicted molar refractivity (Wildman–Crippen MR) is 407 cm³/mol. The van der Waals surface area contributed by atoms with Crippen LogP contribution in [0.25, 0.3) is 0 Å². The second-order valence-electron chi connectivity index (χ2n) is 30.6. The first-order valence-corrected chi connectivity index (χ1v) is 42.9. The van der Waals surface area contributed by atoms with E-state index in [-0.39, 0.29) is 167 Å². The van der Waals surface area contributed by atoms with E-state index < -0.39 is 170 Å². The number of aliphatic hydroxyl groups excluding tert-OH is 10. The lowest BCUT2D eigenvalue weighted by atomic mass is 9.92. The van der Waals surface area contributed by atoms with Gasteiger partial charge in [0.2, 0.25) is 17.7 Å². The highest BCUT2D eigenvalue weighted by Crippen LogP contribution is 2.50. The lowest BCUT2D eigenvalue weighted by Gasteiger charge is -2.40. The summed E-state index contributed by atoms with van der Waals surface area (Å²) in [4.78, 5) is 95.3. The van der Waals surface area contributed by atoms with Gasteiger partial charge in [0.25, 0.3) is 0 Å². The molecule has 111 heavy (non-hydrogen) atoms. The van der Waals surface area contributed by atoms with Gasteiger partial charge >= 0.3 is 15.4 Å². The maximum atomic E-state index is 14.3. The number of carbonyl (C=O) groups excluding carboxylic acids is 6. The molecule has 0 aromatic heterocycles. The van der Waals surface area contributed by atoms with Gasteiger partial charge in [-0.25, -0.2) is 4.57 Å². The van der Waals surface area contributed by atoms with Crippen LogP contribution in [0, 0.1) is 17.8 Å². The van der Waals surface area contributed by atoms with E-state index in [1.54, 1.807) is 25.7 Å². The first-order valence-electron chi connectivity index (χ1n) is 39.4. The minimum absolute atomic E-state index is 0. The van der Waals surface area contributed by atoms with Gasteiger partial charge in [-0.2, -0.15) is 0 Å². The zero-order valence-corrected chi connectivity index (χ0v) is 66.0. The SMILES string of the molecule is C.C.C.CC(C)OC[C@@H]1C[C@@H](OP(C)(=O)OC[C@@H]2C[C@@H](OP(=O)(O)OC[C@@H]3C[C@@H](O)CN3C(=O)CCCCCCC(=O)CCCO[C@@H]3OC(CO)[C@H](O)[C@H](O)C3C)CN2C(=O)CCCCCCC(=O)CCCO[C@@H]2OC(CO)[C@H](O)[C@H](O)C2C)CN1C(=O)CCCCCCC(=O)CCCO[C@@H]1OC(CO)[C@H](O)[C@H](O)C1C. The van der Waals surface area contributed by atoms with Crippen molar-refractivity contribution in [3.63, 3.8) is 0 Å². The zero-order chi connectivity index (χ0) is 79.3. The smallest absolute Gasteiger partial charge is 0.394 e. The van der Waals surface area contributed by atoms with Crippen molar-refractivity contribution < 1.29 is 145 Å². The number of Topliss-reactive ketones (excluding diaryl/α,β-unsaturated/α-hetero) is 3. The normalized spacial score (nSPS) is 31.3. The van der Waals surface area contributed by atoms with Gasteiger partial charge in [-0.1, -0.05) is 81.6 Å². The van der Waals surface area contributed by atoms with Gasteiger partial charge in [0, 0.05) is 102 Å². The summed E-state index contributed by atoms with van der Waals surface area (Å²) in [5, 5.41) is 100. The summed E-state index contributed by atoms with van der Waals surface area (Å²) in [5.74, 6) is -2.29. The minimum Gasteiger partial charge on any atom is -0.394 e. The summed E-state index contributed by atoms with van der Waals surface area (Å²) in [7, 11) is -8.86. The van der Waals surface area contributed by atoms with Crippen LogP contribution in [0.4, 0.5) is 0 Å². The van der Waals surface area contributed by atoms with Crippen LogP contribution in [0.15, 0.2) is 0 Å². The molecule has 0 spiro atoms. The molecular formula is C76H141N3O30P2. The Morgan fingerprint density at radius 1 is 0.414 bits per heavy atom. The standard InChI is InChI=1S/C73H129N3O30P2.3CH4/c1-46(2)99-43-51-35-57(38-75(51)63(85)29-17-11-8-14-23-54(81)26-20-32-97-72-48(4)66(88)69(91)60(41-78)103-72)105-107(6,93)100-44-52-36-58(39-76(52)64(86)30-18-12-9-15-24-55(82)27-21-33-98-73-49(5)67(89)70(92)61(42-79)104-73)106-108(94,95)101-45-50-34-56(83)37-74(50)62(84)28-16-10-7-13-22-53(80)25-19-31-96-71-47(3)65(87)68(90)59(40-77)102-71;;;/h46-52,56-61,65-73,77-79,83,87-92H,7-45H2,1-6H3,(H,94,95);3*1H4/t47?,48?,49?,50-,51-,52-,56+,57+,58+,59?,60?,61?,65+,66+,67+,68-,69-,70-,71+,72+,73+,107?;;;/m0.../s1. The summed E-state index contributed by atoms with van der Waals surface area (Å²) in [6, 6.07) is -1.98. The van der Waals surface area contributed by atoms with Crippen LogP contribution < -0.4 is 0 Å². The molecule has 11 N–H and O–H groups in total. The van der Waals surface area contributed by atoms with E-state index in [0.29, 0.717) is 116 Å². The van der Waals surface area contributed by atoms with E-state index in [1.165, 1.54) is 16.5 Å². The first-order chi connectivity index (χ1) is 51.3. The van der Waals surface area contributed by atoms with Gasteiger partial charge in [-0.3, -0.25) is 42.4 Å². The van der Waals surface area contributed by atoms with Gasteiger partial charge in [0.1, 0.15) is 54.0 Å². The van der Waals surface area contributed by atoms with Crippen LogP contribution >= 0.6 is 15.4 Å². The fourth-order valence-corrected chi connectivity index (χ4v) is 16.9. The van der Waals surface area contributed by atoms with Crippen LogP contribution in [-0.2, 0) is 89.2 Å². The molecule has 3 amide bonds. The third-order valence-corrected chi connectivity index (χ3v) is 23.6. The monoisotopic (exact) mass is 1640 g/mol. The number of likely N-dealkylation sites (tertiary alicyclic amines) is 3. The second kappa shape index (κ2) is 52.0. The fourth-order valence-electron chi connectivity index (χ4n) is 14.7. The number of hydrogen-bond acceptors (Lipinski definition) is 29. The maximum Gasteiger partial charge on any atom is 0.472 e. The highest BCUT2D eigenvalue weighted by Gasteiger charge is 2.47. The van der Waals surface area contributed by atoms with Crippen molar-refractivity contribution in [2.75, 3.05) is 85.8 Å². The average molecular weight is 1640 g/mol. The van der Waals surface area contributed by atoms with E-state index in [4.69, 9.17) is 51.3 Å². The summed E-state index contributed by atoms with van der Waals surface area (Å²) < 4.78 is 91.4. The van der Waals surface area contributed by atoms with Gasteiger partial charge < -0.3 is 113 Å². The molecule has 33 nitrogen and oxygen atoms in total. The van der Waals surface area contributed by atoms with Crippen LogP contribution in [0.3, 0.4) is 0 Å². The van der Waals surface area contributed by atoms with E-state index in [9.17, 15) is 93.9 Å². The number of phosphoric acid groups is 1. The predicted octanol–water partition coefficient (Wildman–Crippen LogP) is 5.56. The minimum atomic E-state index is -4.91. The molecule has 0 aliphatic carbocycles. The quantitative estimate of drug-likeness (QED) is 0.0262. The van der Waals surface area contributed by atoms with Crippen molar-refractivity contribution in [3.05, 3.63) is 0 Å². The van der Waals surface area contributed by atoms with Crippen LogP contribution in [-0.4, -0.2) is 308 Å². The molecule has 0 aromatic rings. The number of carbonyl (C=O) groups is 6. The molecule has 0 bridgehead atoms. The van der Waals surface area contributed by atoms with Crippen LogP contribution in [0.2, 0.25) is 0 Å². The molecule has 35 heteroatoms. The molecule has 650 valence electrons. The Kier molecular flexibility index (Phi) is 47.9. The molecule has 23 atom stereocenters. The topological polar surface area (TPSA) is 470 Å². The molecule has 6 fully saturated rings. The highest BCUT2D eigenvalue weighted by atomic mass is 31.2. The largest absolute Gasteiger partial charge is 0.472 e. The number of β-amino-alcohol motifs (C(OH)–C–C–N with tert-alkyl or cyclic N) is 1. The number of unbranched alkanes of at least 4 members (excludes halogenated alkanes) is 9. The van der Waals surface area contributed by atoms with Crippen molar-refractivity contribution >= 4 is 50.5 Å². The van der Waals surface area contributed by atoms with E-state index in [2.05, 4.69) is 0 Å². The molecule has 0 saturated carbocycles. The molecule has 6 heterocycles. The summed E-state index contributed by atoms with van der Waals surface area (Å²) in [6.45, 7) is 8.46. The average Bonchev–Trinajstić information content (AvgIpc) is 1.17. The first kappa shape index (κ1) is 102. The second-order valence-corrected chi connectivity index (χ2v) is 34.0. The molecule has 6 aliphatic rings. The van der Waals surface area contributed by atoms with Crippen molar-refractivity contribution in [1.29, 1.82) is 0 Å². The van der Waals surface area contributed by atoms with Gasteiger partial charge in [-0.05, 0) is 90.9 Å². The molecule has 0 radical (unpaired) electrons. The number of hydrogen-bond donors (Lipinski definition) is 11. The zero-order valence-electron chi connectivity index (χ0n) is 64.2. The van der Waals surface area contributed by atoms with Crippen molar-refractivity contribution in [2.24, 2.45) is 17.8 Å². The summed E-state index contributed by atoms with van der Waals surface area (Å²) in [6.07, 6.45) is -4.47. The number of amides is 3. The summed E-state index contributed by atoms with van der Waals surface area (Å²) >= 11 is 0. The molecule has 6 aliphatic heterocycles. The molecule has 0 aromatic carbocycles. The van der Waals surface area contributed by atoms with Gasteiger partial charge in [0.05, 0.1) is 120 Å². The lowest BCUT2D eigenvalue weighted by molar-refractivity contribution is -0.282. The Balaban J connectivity index is 0.0000106. The van der Waals surface area contributed by atoms with Crippen molar-refractivity contribution in [2.45, 2.75) is 347 Å². The number of rotatable bonds is 52. The van der Waals surface area contributed by atoms with Crippen molar-refractivity contribution in [1.82, 2.24) is 14.7 Å². The Morgan fingerprint density at radius 2 is 0.721 bits per heavy atom.